The number of hydrogen-bond donors (Lipinski definition) is 2. The normalized spacial score (nSPS) is 23.0. The van der Waals surface area contributed by atoms with E-state index in [1.807, 2.05) is 12.1 Å². The van der Waals surface area contributed by atoms with Crippen LogP contribution in [0, 0.1) is 5.82 Å². The first-order valence-corrected chi connectivity index (χ1v) is 10.8. The van der Waals surface area contributed by atoms with E-state index in [1.54, 1.807) is 6.20 Å². The highest BCUT2D eigenvalue weighted by molar-refractivity contribution is 6.30. The van der Waals surface area contributed by atoms with Gasteiger partial charge in [-0.3, -0.25) is 14.6 Å². The number of rotatable bonds is 9. The van der Waals surface area contributed by atoms with Gasteiger partial charge in [0.1, 0.15) is 17.3 Å². The molecular weight excluding hydrogens is 437 g/mol. The summed E-state index contributed by atoms with van der Waals surface area (Å²) >= 11 is 5.63. The summed E-state index contributed by atoms with van der Waals surface area (Å²) in [4.78, 5) is 28.8. The van der Waals surface area contributed by atoms with Crippen LogP contribution in [-0.2, 0) is 9.59 Å². The Morgan fingerprint density at radius 3 is 2.09 bits per heavy atom. The van der Waals surface area contributed by atoms with Gasteiger partial charge in [0.25, 0.3) is 11.8 Å². The van der Waals surface area contributed by atoms with Crippen molar-refractivity contribution in [2.24, 2.45) is 0 Å². The summed E-state index contributed by atoms with van der Waals surface area (Å²) in [5.41, 5.74) is 0.373. The molecule has 3 saturated carbocycles. The van der Waals surface area contributed by atoms with Gasteiger partial charge >= 0.3 is 0 Å². The molecule has 1 heterocycles. The molecule has 170 valence electrons. The van der Waals surface area contributed by atoms with Crippen LogP contribution in [0.3, 0.4) is 0 Å². The smallest absolute Gasteiger partial charge is 0.258 e. The first-order valence-electron chi connectivity index (χ1n) is 10.5. The number of ether oxygens (including phenoxy) is 2. The fourth-order valence-corrected chi connectivity index (χ4v) is 4.52. The summed E-state index contributed by atoms with van der Waals surface area (Å²) in [6, 6.07) is 7.71. The second kappa shape index (κ2) is 8.58. The summed E-state index contributed by atoms with van der Waals surface area (Å²) in [6.45, 7) is 3.81. The molecule has 2 amide bonds. The van der Waals surface area contributed by atoms with E-state index >= 15 is 0 Å². The van der Waals surface area contributed by atoms with Crippen molar-refractivity contribution >= 4 is 23.4 Å². The van der Waals surface area contributed by atoms with E-state index < -0.39 is 5.82 Å². The van der Waals surface area contributed by atoms with Crippen molar-refractivity contribution in [3.8, 4) is 11.5 Å². The first kappa shape index (κ1) is 22.3. The maximum absolute atomic E-state index is 13.4. The van der Waals surface area contributed by atoms with Gasteiger partial charge in [0.2, 0.25) is 0 Å². The molecule has 7 nitrogen and oxygen atoms in total. The molecule has 3 fully saturated rings. The topological polar surface area (TPSA) is 89.6 Å². The Bertz CT molecular complexity index is 1010. The van der Waals surface area contributed by atoms with E-state index in [2.05, 4.69) is 29.5 Å². The number of hydrogen-bond acceptors (Lipinski definition) is 5. The molecule has 2 N–H and O–H groups in total. The molecule has 9 heteroatoms. The fourth-order valence-electron chi connectivity index (χ4n) is 4.40. The summed E-state index contributed by atoms with van der Waals surface area (Å²) in [7, 11) is 0. The Labute approximate surface area is 190 Å². The second-order valence-corrected chi connectivity index (χ2v) is 9.32. The fraction of sp³-hybridized carbons (Fsp3) is 0.435. The largest absolute Gasteiger partial charge is 0.484 e. The summed E-state index contributed by atoms with van der Waals surface area (Å²) in [5.74, 6) is 0.0149. The van der Waals surface area contributed by atoms with E-state index in [9.17, 15) is 14.0 Å². The third kappa shape index (κ3) is 4.80. The zero-order chi connectivity index (χ0) is 22.9. The lowest BCUT2D eigenvalue weighted by Crippen LogP contribution is -2.84. The van der Waals surface area contributed by atoms with Crippen molar-refractivity contribution < 1.29 is 23.5 Å². The molecule has 0 radical (unpaired) electrons. The van der Waals surface area contributed by atoms with Crippen LogP contribution >= 0.6 is 11.6 Å². The lowest BCUT2D eigenvalue weighted by atomic mass is 9.44. The summed E-state index contributed by atoms with van der Waals surface area (Å²) < 4.78 is 24.3. The molecule has 32 heavy (non-hydrogen) atoms. The quantitative estimate of drug-likeness (QED) is 0.597. The van der Waals surface area contributed by atoms with Crippen LogP contribution in [0.4, 0.5) is 4.39 Å². The van der Waals surface area contributed by atoms with Gasteiger partial charge in [-0.1, -0.05) is 25.4 Å². The molecule has 1 aromatic carbocycles. The van der Waals surface area contributed by atoms with Crippen LogP contribution in [0.1, 0.15) is 44.7 Å². The van der Waals surface area contributed by atoms with Crippen molar-refractivity contribution in [1.29, 1.82) is 0 Å². The van der Waals surface area contributed by atoms with Crippen LogP contribution in [0.15, 0.2) is 36.5 Å². The van der Waals surface area contributed by atoms with E-state index in [0.717, 1.165) is 11.8 Å². The van der Waals surface area contributed by atoms with Crippen LogP contribution in [0.5, 0.6) is 11.5 Å². The number of aromatic nitrogens is 1. The summed E-state index contributed by atoms with van der Waals surface area (Å²) in [5, 5.41) is 5.95. The highest BCUT2D eigenvalue weighted by atomic mass is 35.5. The number of pyridine rings is 1. The van der Waals surface area contributed by atoms with Crippen LogP contribution in [-0.4, -0.2) is 41.1 Å². The van der Waals surface area contributed by atoms with Gasteiger partial charge in [0.05, 0.1) is 11.2 Å². The molecule has 0 atom stereocenters. The van der Waals surface area contributed by atoms with E-state index in [1.165, 1.54) is 12.1 Å². The third-order valence-electron chi connectivity index (χ3n) is 5.82. The van der Waals surface area contributed by atoms with Gasteiger partial charge < -0.3 is 20.1 Å². The number of halogens is 2. The number of benzene rings is 1. The van der Waals surface area contributed by atoms with Gasteiger partial charge in [-0.25, -0.2) is 4.39 Å². The average molecular weight is 462 g/mol. The SMILES string of the molecule is CC(C)c1ccc(OCC(=O)NC23CC(NC(=O)COc4ccc(Cl)c(F)c4)(C2)C3)cn1. The number of amides is 2. The van der Waals surface area contributed by atoms with Crippen molar-refractivity contribution in [1.82, 2.24) is 15.6 Å². The molecule has 0 spiro atoms. The standard InChI is InChI=1S/C23H25ClFN3O4/c1-14(2)19-6-4-16(8-26-19)32-10-21(30)28-23-11-22(12-23,13-23)27-20(29)9-31-15-3-5-17(24)18(25)7-15/h3-8,14H,9-13H2,1-2H3,(H,27,29)(H,28,30). The maximum atomic E-state index is 13.4. The number of nitrogens with one attached hydrogen (secondary N) is 2. The summed E-state index contributed by atoms with van der Waals surface area (Å²) in [6.07, 6.45) is 3.61. The zero-order valence-corrected chi connectivity index (χ0v) is 18.7. The van der Waals surface area contributed by atoms with E-state index in [-0.39, 0.29) is 46.9 Å². The molecule has 3 aliphatic rings. The lowest BCUT2D eigenvalue weighted by Gasteiger charge is -2.70. The molecule has 5 rings (SSSR count). The molecule has 0 saturated heterocycles. The van der Waals surface area contributed by atoms with Crippen LogP contribution < -0.4 is 20.1 Å². The Hall–Kier alpha value is -2.87. The van der Waals surface area contributed by atoms with Gasteiger partial charge in [-0.15, -0.1) is 0 Å². The van der Waals surface area contributed by atoms with Crippen molar-refractivity contribution in [3.63, 3.8) is 0 Å². The van der Waals surface area contributed by atoms with Crippen molar-refractivity contribution in [3.05, 3.63) is 53.1 Å². The first-order chi connectivity index (χ1) is 15.2. The third-order valence-corrected chi connectivity index (χ3v) is 6.13. The van der Waals surface area contributed by atoms with Crippen molar-refractivity contribution in [2.75, 3.05) is 13.2 Å². The van der Waals surface area contributed by atoms with Crippen molar-refractivity contribution in [2.45, 2.75) is 50.1 Å². The lowest BCUT2D eigenvalue weighted by molar-refractivity contribution is -0.151. The minimum Gasteiger partial charge on any atom is -0.484 e. The highest BCUT2D eigenvalue weighted by Gasteiger charge is 2.69. The minimum atomic E-state index is -0.602. The molecule has 2 aromatic rings. The van der Waals surface area contributed by atoms with Gasteiger partial charge in [0, 0.05) is 22.8 Å². The maximum Gasteiger partial charge on any atom is 0.258 e. The molecule has 1 aromatic heterocycles. The zero-order valence-electron chi connectivity index (χ0n) is 17.9. The van der Waals surface area contributed by atoms with E-state index in [4.69, 9.17) is 21.1 Å². The Balaban J connectivity index is 1.16. The predicted octanol–water partition coefficient (Wildman–Crippen LogP) is 3.36. The Morgan fingerprint density at radius 1 is 1.03 bits per heavy atom. The monoisotopic (exact) mass is 461 g/mol. The minimum absolute atomic E-state index is 0.00545. The molecule has 0 unspecified atom stereocenters. The van der Waals surface area contributed by atoms with Crippen LogP contribution in [0.25, 0.3) is 0 Å². The highest BCUT2D eigenvalue weighted by Crippen LogP contribution is 2.60. The molecular formula is C23H25ClFN3O4. The van der Waals surface area contributed by atoms with Gasteiger partial charge in [-0.2, -0.15) is 0 Å². The number of carbonyl (C=O) groups is 2. The Morgan fingerprint density at radius 2 is 1.59 bits per heavy atom. The predicted molar refractivity (Wildman–Crippen MR) is 116 cm³/mol. The second-order valence-electron chi connectivity index (χ2n) is 8.91. The number of carbonyl (C=O) groups excluding carboxylic acids is 2. The van der Waals surface area contributed by atoms with Crippen LogP contribution in [0.2, 0.25) is 5.02 Å². The molecule has 2 bridgehead atoms. The number of nitrogens with zero attached hydrogens (tertiary/aromatic N) is 1. The molecule has 0 aliphatic heterocycles. The Kier molecular flexibility index (Phi) is 5.99. The average Bonchev–Trinajstić information content (AvgIpc) is 2.71. The van der Waals surface area contributed by atoms with E-state index in [0.29, 0.717) is 30.9 Å². The molecule has 3 aliphatic carbocycles. The van der Waals surface area contributed by atoms with Gasteiger partial charge in [0.15, 0.2) is 13.2 Å². The van der Waals surface area contributed by atoms with Gasteiger partial charge in [-0.05, 0) is 49.4 Å².